The Morgan fingerprint density at radius 2 is 2.07 bits per heavy atom. The fourth-order valence-corrected chi connectivity index (χ4v) is 2.00. The highest BCUT2D eigenvalue weighted by Gasteiger charge is 2.36. The van der Waals surface area contributed by atoms with E-state index in [1.807, 2.05) is 11.8 Å². The minimum absolute atomic E-state index is 0.0840. The van der Waals surface area contributed by atoms with Crippen LogP contribution in [0.25, 0.3) is 0 Å². The third kappa shape index (κ3) is 2.49. The summed E-state index contributed by atoms with van der Waals surface area (Å²) in [6.45, 7) is 3.36. The lowest BCUT2D eigenvalue weighted by molar-refractivity contribution is -0.131. The van der Waals surface area contributed by atoms with Gasteiger partial charge in [-0.15, -0.1) is 0 Å². The summed E-state index contributed by atoms with van der Waals surface area (Å²) in [4.78, 5) is 24.8. The molecule has 4 heteroatoms. The van der Waals surface area contributed by atoms with E-state index in [4.69, 9.17) is 0 Å². The van der Waals surface area contributed by atoms with Gasteiger partial charge in [-0.25, -0.2) is 0 Å². The molecule has 0 bridgehead atoms. The van der Waals surface area contributed by atoms with Crippen LogP contribution in [-0.2, 0) is 9.59 Å². The minimum Gasteiger partial charge on any atom is -0.352 e. The van der Waals surface area contributed by atoms with Crippen LogP contribution in [0.5, 0.6) is 0 Å². The number of likely N-dealkylation sites (tertiary alicyclic amines) is 1. The predicted octanol–water partition coefficient (Wildman–Crippen LogP) is 0.523. The molecule has 0 aromatic rings. The van der Waals surface area contributed by atoms with Crippen molar-refractivity contribution in [2.45, 2.75) is 38.6 Å². The molecule has 2 rings (SSSR count). The van der Waals surface area contributed by atoms with Gasteiger partial charge < -0.3 is 10.2 Å². The van der Waals surface area contributed by atoms with Crippen LogP contribution in [0, 0.1) is 5.92 Å². The Hall–Kier alpha value is -1.06. The van der Waals surface area contributed by atoms with Gasteiger partial charge in [-0.05, 0) is 19.3 Å². The number of nitrogens with zero attached hydrogens (tertiary/aromatic N) is 1. The van der Waals surface area contributed by atoms with Crippen LogP contribution in [-0.4, -0.2) is 35.8 Å². The Bertz CT molecular complexity index is 274. The zero-order valence-electron chi connectivity index (χ0n) is 9.16. The Labute approximate surface area is 90.0 Å². The molecular formula is C11H18N2O2. The second kappa shape index (κ2) is 4.21. The Kier molecular flexibility index (Phi) is 2.93. The summed E-state index contributed by atoms with van der Waals surface area (Å²) >= 11 is 0. The lowest BCUT2D eigenvalue weighted by Gasteiger charge is -2.16. The molecule has 2 fully saturated rings. The molecule has 84 valence electrons. The van der Waals surface area contributed by atoms with Crippen molar-refractivity contribution in [3.8, 4) is 0 Å². The molecule has 0 spiro atoms. The van der Waals surface area contributed by atoms with E-state index in [2.05, 4.69) is 5.32 Å². The summed E-state index contributed by atoms with van der Waals surface area (Å²) in [5, 5.41) is 2.94. The highest BCUT2D eigenvalue weighted by Crippen LogP contribution is 2.32. The molecule has 1 heterocycles. The molecule has 0 radical (unpaired) electrons. The maximum absolute atomic E-state index is 11.7. The normalized spacial score (nSPS) is 25.4. The molecule has 1 saturated heterocycles. The van der Waals surface area contributed by atoms with Crippen molar-refractivity contribution in [1.29, 1.82) is 0 Å². The van der Waals surface area contributed by atoms with E-state index in [-0.39, 0.29) is 11.9 Å². The maximum Gasteiger partial charge on any atom is 0.225 e. The monoisotopic (exact) mass is 210 g/mol. The molecule has 1 unspecified atom stereocenters. The van der Waals surface area contributed by atoms with E-state index in [0.717, 1.165) is 25.8 Å². The first-order valence-electron chi connectivity index (χ1n) is 5.79. The van der Waals surface area contributed by atoms with Crippen molar-refractivity contribution in [2.75, 3.05) is 13.1 Å². The van der Waals surface area contributed by atoms with E-state index in [0.29, 0.717) is 24.8 Å². The van der Waals surface area contributed by atoms with E-state index in [1.54, 1.807) is 0 Å². The van der Waals surface area contributed by atoms with Crippen LogP contribution in [0.15, 0.2) is 0 Å². The van der Waals surface area contributed by atoms with Crippen LogP contribution >= 0.6 is 0 Å². The van der Waals surface area contributed by atoms with E-state index in [9.17, 15) is 9.59 Å². The average Bonchev–Trinajstić information content (AvgIpc) is 2.98. The van der Waals surface area contributed by atoms with E-state index < -0.39 is 0 Å². The molecule has 2 aliphatic rings. The third-order valence-corrected chi connectivity index (χ3v) is 3.11. The quantitative estimate of drug-likeness (QED) is 0.738. The minimum atomic E-state index is 0.0840. The van der Waals surface area contributed by atoms with Gasteiger partial charge in [0.15, 0.2) is 0 Å². The summed E-state index contributed by atoms with van der Waals surface area (Å²) in [5.41, 5.74) is 0. The fourth-order valence-electron chi connectivity index (χ4n) is 2.00. The molecule has 4 nitrogen and oxygen atoms in total. The highest BCUT2D eigenvalue weighted by molar-refractivity contribution is 5.81. The van der Waals surface area contributed by atoms with Gasteiger partial charge >= 0.3 is 0 Å². The van der Waals surface area contributed by atoms with Crippen LogP contribution in [0.4, 0.5) is 0 Å². The van der Waals surface area contributed by atoms with Gasteiger partial charge in [0.2, 0.25) is 11.8 Å². The molecule has 1 atom stereocenters. The van der Waals surface area contributed by atoms with Gasteiger partial charge in [0, 0.05) is 31.5 Å². The zero-order valence-corrected chi connectivity index (χ0v) is 9.16. The van der Waals surface area contributed by atoms with Gasteiger partial charge in [-0.2, -0.15) is 0 Å². The first kappa shape index (κ1) is 10.5. The molecule has 1 saturated carbocycles. The highest BCUT2D eigenvalue weighted by atomic mass is 16.2. The maximum atomic E-state index is 11.7. The number of nitrogens with one attached hydrogen (secondary N) is 1. The molecular weight excluding hydrogens is 192 g/mol. The smallest absolute Gasteiger partial charge is 0.225 e. The largest absolute Gasteiger partial charge is 0.352 e. The Morgan fingerprint density at radius 3 is 2.67 bits per heavy atom. The topological polar surface area (TPSA) is 49.4 Å². The van der Waals surface area contributed by atoms with E-state index in [1.165, 1.54) is 0 Å². The van der Waals surface area contributed by atoms with Crippen LogP contribution in [0.1, 0.15) is 32.6 Å². The number of carbonyl (C=O) groups excluding carboxylic acids is 2. The Morgan fingerprint density at radius 1 is 1.33 bits per heavy atom. The lowest BCUT2D eigenvalue weighted by atomic mass is 10.2. The SMILES string of the molecule is CCC(=O)NC1CCN(C(=O)C2CC2)C1. The third-order valence-electron chi connectivity index (χ3n) is 3.11. The summed E-state index contributed by atoms with van der Waals surface area (Å²) < 4.78 is 0. The Balaban J connectivity index is 1.78. The first-order chi connectivity index (χ1) is 7.20. The second-order valence-electron chi connectivity index (χ2n) is 4.47. The number of amides is 2. The number of hydrogen-bond acceptors (Lipinski definition) is 2. The zero-order chi connectivity index (χ0) is 10.8. The molecule has 2 amide bonds. The summed E-state index contributed by atoms with van der Waals surface area (Å²) in [6.07, 6.45) is 3.54. The van der Waals surface area contributed by atoms with Crippen molar-refractivity contribution in [3.63, 3.8) is 0 Å². The molecule has 15 heavy (non-hydrogen) atoms. The second-order valence-corrected chi connectivity index (χ2v) is 4.47. The van der Waals surface area contributed by atoms with Crippen molar-refractivity contribution in [2.24, 2.45) is 5.92 Å². The molecule has 0 aromatic carbocycles. The number of hydrogen-bond donors (Lipinski definition) is 1. The molecule has 1 aliphatic carbocycles. The van der Waals surface area contributed by atoms with Gasteiger partial charge in [0.05, 0.1) is 0 Å². The van der Waals surface area contributed by atoms with Gasteiger partial charge in [0.1, 0.15) is 0 Å². The molecule has 1 N–H and O–H groups in total. The predicted molar refractivity (Wildman–Crippen MR) is 56.1 cm³/mol. The first-order valence-corrected chi connectivity index (χ1v) is 5.79. The van der Waals surface area contributed by atoms with Crippen molar-refractivity contribution in [1.82, 2.24) is 10.2 Å². The fraction of sp³-hybridized carbons (Fsp3) is 0.818. The number of carbonyl (C=O) groups is 2. The summed E-state index contributed by atoms with van der Waals surface area (Å²) in [7, 11) is 0. The standard InChI is InChI=1S/C11H18N2O2/c1-2-10(14)12-9-5-6-13(7-9)11(15)8-3-4-8/h8-9H,2-7H2,1H3,(H,12,14). The van der Waals surface area contributed by atoms with Crippen LogP contribution < -0.4 is 5.32 Å². The average molecular weight is 210 g/mol. The molecule has 0 aromatic heterocycles. The van der Waals surface area contributed by atoms with Gasteiger partial charge in [0.25, 0.3) is 0 Å². The lowest BCUT2D eigenvalue weighted by Crippen LogP contribution is -2.38. The van der Waals surface area contributed by atoms with Crippen molar-refractivity contribution in [3.05, 3.63) is 0 Å². The van der Waals surface area contributed by atoms with Crippen molar-refractivity contribution >= 4 is 11.8 Å². The van der Waals surface area contributed by atoms with Gasteiger partial charge in [-0.3, -0.25) is 9.59 Å². The summed E-state index contributed by atoms with van der Waals surface area (Å²) in [6, 6.07) is 0.181. The van der Waals surface area contributed by atoms with Crippen molar-refractivity contribution < 1.29 is 9.59 Å². The van der Waals surface area contributed by atoms with Crippen LogP contribution in [0.3, 0.4) is 0 Å². The summed E-state index contributed by atoms with van der Waals surface area (Å²) in [5.74, 6) is 0.676. The van der Waals surface area contributed by atoms with Crippen LogP contribution in [0.2, 0.25) is 0 Å². The number of rotatable bonds is 3. The van der Waals surface area contributed by atoms with Gasteiger partial charge in [-0.1, -0.05) is 6.92 Å². The van der Waals surface area contributed by atoms with E-state index >= 15 is 0 Å². The molecule has 1 aliphatic heterocycles.